The molecular formula is C28H26N2O5. The van der Waals surface area contributed by atoms with Gasteiger partial charge in [0.1, 0.15) is 5.75 Å². The van der Waals surface area contributed by atoms with Crippen LogP contribution in [0.15, 0.2) is 71.7 Å². The minimum absolute atomic E-state index is 0.0427. The number of carbonyl (C=O) groups is 3. The third-order valence-corrected chi connectivity index (χ3v) is 5.86. The largest absolute Gasteiger partial charge is 0.497 e. The van der Waals surface area contributed by atoms with Crippen LogP contribution in [0, 0.1) is 0 Å². The van der Waals surface area contributed by atoms with Crippen LogP contribution in [0.2, 0.25) is 0 Å². The highest BCUT2D eigenvalue weighted by molar-refractivity contribution is 6.17. The lowest BCUT2D eigenvalue weighted by molar-refractivity contribution is 0.0692. The first-order valence-electron chi connectivity index (χ1n) is 11.2. The Balaban J connectivity index is 1.57. The van der Waals surface area contributed by atoms with E-state index in [-0.39, 0.29) is 28.9 Å². The number of aromatic carboxylic acids is 1. The molecule has 0 saturated carbocycles. The highest BCUT2D eigenvalue weighted by Crippen LogP contribution is 2.31. The molecule has 4 rings (SSSR count). The summed E-state index contributed by atoms with van der Waals surface area (Å²) in [6, 6.07) is 18.4. The maximum atomic E-state index is 13.2. The van der Waals surface area contributed by atoms with Crippen LogP contribution < -0.4 is 10.1 Å². The minimum atomic E-state index is -1.19. The van der Waals surface area contributed by atoms with Gasteiger partial charge in [-0.15, -0.1) is 0 Å². The molecule has 1 amide bonds. The smallest absolute Gasteiger partial charge is 0.336 e. The normalized spacial score (nSPS) is 13.9. The number of fused-ring (bicyclic) bond motifs is 1. The van der Waals surface area contributed by atoms with Crippen LogP contribution in [-0.4, -0.2) is 41.1 Å². The van der Waals surface area contributed by atoms with Crippen LogP contribution in [0.3, 0.4) is 0 Å². The van der Waals surface area contributed by atoms with Gasteiger partial charge in [0, 0.05) is 16.8 Å². The Morgan fingerprint density at radius 1 is 1.00 bits per heavy atom. The molecule has 35 heavy (non-hydrogen) atoms. The maximum Gasteiger partial charge on any atom is 0.336 e. The molecule has 0 aliphatic carbocycles. The molecule has 0 atom stereocenters. The SMILES string of the molecule is COc1ccc2c(c1)C(CC(=O)c1cccc(NC(=O)c3ccccc3C(=O)O)c1)=NC(C)(C)C2. The minimum Gasteiger partial charge on any atom is -0.497 e. The Morgan fingerprint density at radius 2 is 1.74 bits per heavy atom. The maximum absolute atomic E-state index is 13.2. The van der Waals surface area contributed by atoms with Crippen LogP contribution in [0.5, 0.6) is 5.75 Å². The number of ketones is 1. The van der Waals surface area contributed by atoms with Crippen LogP contribution in [0.25, 0.3) is 0 Å². The number of anilines is 1. The Morgan fingerprint density at radius 3 is 2.46 bits per heavy atom. The zero-order valence-corrected chi connectivity index (χ0v) is 19.8. The molecule has 3 aromatic rings. The molecule has 0 bridgehead atoms. The molecule has 3 aromatic carbocycles. The van der Waals surface area contributed by atoms with Crippen LogP contribution in [0.1, 0.15) is 62.5 Å². The van der Waals surface area contributed by atoms with E-state index in [1.165, 1.54) is 12.1 Å². The molecular weight excluding hydrogens is 444 g/mol. The van der Waals surface area contributed by atoms with Gasteiger partial charge in [-0.25, -0.2) is 4.79 Å². The summed E-state index contributed by atoms with van der Waals surface area (Å²) in [5.41, 5.74) is 3.16. The fraction of sp³-hybridized carbons (Fsp3) is 0.214. The topological polar surface area (TPSA) is 105 Å². The first-order chi connectivity index (χ1) is 16.7. The van der Waals surface area contributed by atoms with E-state index >= 15 is 0 Å². The van der Waals surface area contributed by atoms with Crippen molar-refractivity contribution in [3.05, 3.63) is 94.5 Å². The van der Waals surface area contributed by atoms with Crippen molar-refractivity contribution in [2.75, 3.05) is 12.4 Å². The Bertz CT molecular complexity index is 1360. The summed E-state index contributed by atoms with van der Waals surface area (Å²) < 4.78 is 5.37. The Labute approximate surface area is 203 Å². The van der Waals surface area contributed by atoms with E-state index in [1.54, 1.807) is 43.5 Å². The summed E-state index contributed by atoms with van der Waals surface area (Å²) in [5, 5.41) is 12.0. The number of nitrogens with one attached hydrogen (secondary N) is 1. The number of amides is 1. The summed E-state index contributed by atoms with van der Waals surface area (Å²) in [4.78, 5) is 42.2. The number of ether oxygens (including phenoxy) is 1. The monoisotopic (exact) mass is 470 g/mol. The van der Waals surface area contributed by atoms with Gasteiger partial charge in [-0.1, -0.05) is 30.3 Å². The third-order valence-electron chi connectivity index (χ3n) is 5.86. The number of carboxylic acid groups (broad SMARTS) is 1. The number of benzene rings is 3. The summed E-state index contributed by atoms with van der Waals surface area (Å²) in [6.07, 6.45) is 0.867. The Hall–Kier alpha value is -4.26. The van der Waals surface area contributed by atoms with Crippen molar-refractivity contribution in [2.45, 2.75) is 32.2 Å². The van der Waals surface area contributed by atoms with Crippen molar-refractivity contribution in [1.82, 2.24) is 0 Å². The van der Waals surface area contributed by atoms with E-state index in [0.29, 0.717) is 22.7 Å². The number of hydrogen-bond acceptors (Lipinski definition) is 5. The van der Waals surface area contributed by atoms with Crippen molar-refractivity contribution in [3.63, 3.8) is 0 Å². The lowest BCUT2D eigenvalue weighted by atomic mass is 9.85. The highest BCUT2D eigenvalue weighted by Gasteiger charge is 2.28. The lowest BCUT2D eigenvalue weighted by Crippen LogP contribution is -2.30. The zero-order chi connectivity index (χ0) is 25.2. The average molecular weight is 471 g/mol. The van der Waals surface area contributed by atoms with E-state index < -0.39 is 11.9 Å². The number of nitrogens with zero attached hydrogens (tertiary/aromatic N) is 1. The predicted octanol–water partition coefficient (Wildman–Crippen LogP) is 5.04. The summed E-state index contributed by atoms with van der Waals surface area (Å²) in [6.45, 7) is 4.07. The predicted molar refractivity (Wildman–Crippen MR) is 134 cm³/mol. The Kier molecular flexibility index (Phi) is 6.51. The number of Topliss-reactive ketones (excluding diaryl/α,β-unsaturated/α-hetero) is 1. The van der Waals surface area contributed by atoms with Crippen molar-refractivity contribution in [1.29, 1.82) is 0 Å². The number of carboxylic acids is 1. The summed E-state index contributed by atoms with van der Waals surface area (Å²) in [5.74, 6) is -1.19. The van der Waals surface area contributed by atoms with Crippen molar-refractivity contribution in [2.24, 2.45) is 4.99 Å². The second-order valence-electron chi connectivity index (χ2n) is 9.06. The van der Waals surface area contributed by atoms with E-state index in [1.807, 2.05) is 32.0 Å². The van der Waals surface area contributed by atoms with E-state index in [2.05, 4.69) is 5.32 Å². The van der Waals surface area contributed by atoms with Crippen LogP contribution in [-0.2, 0) is 6.42 Å². The average Bonchev–Trinajstić information content (AvgIpc) is 2.83. The zero-order valence-electron chi connectivity index (χ0n) is 19.8. The first kappa shape index (κ1) is 23.9. The van der Waals surface area contributed by atoms with Gasteiger partial charge in [-0.2, -0.15) is 0 Å². The van der Waals surface area contributed by atoms with Crippen molar-refractivity contribution >= 4 is 29.1 Å². The number of aliphatic imine (C=N–C) groups is 1. The molecule has 178 valence electrons. The molecule has 0 spiro atoms. The van der Waals surface area contributed by atoms with Gasteiger partial charge in [-0.05, 0) is 62.2 Å². The molecule has 0 fully saturated rings. The second kappa shape index (κ2) is 9.54. The number of methoxy groups -OCH3 is 1. The van der Waals surface area contributed by atoms with Gasteiger partial charge < -0.3 is 15.2 Å². The molecule has 0 saturated heterocycles. The molecule has 0 aromatic heterocycles. The van der Waals surface area contributed by atoms with Gasteiger partial charge in [0.15, 0.2) is 5.78 Å². The number of carbonyl (C=O) groups excluding carboxylic acids is 2. The molecule has 2 N–H and O–H groups in total. The molecule has 7 heteroatoms. The standard InChI is InChI=1S/C28H26N2O5/c1-28(2)16-18-11-12-20(35-3)14-23(18)24(30-28)15-25(31)17-7-6-8-19(13-17)29-26(32)21-9-4-5-10-22(21)27(33)34/h4-14H,15-16H2,1-3H3,(H,29,32)(H,33,34). The van der Waals surface area contributed by atoms with E-state index in [9.17, 15) is 19.5 Å². The number of hydrogen-bond donors (Lipinski definition) is 2. The van der Waals surface area contributed by atoms with Crippen LogP contribution >= 0.6 is 0 Å². The molecule has 1 aliphatic rings. The van der Waals surface area contributed by atoms with Gasteiger partial charge in [0.2, 0.25) is 0 Å². The fourth-order valence-corrected chi connectivity index (χ4v) is 4.26. The summed E-state index contributed by atoms with van der Waals surface area (Å²) >= 11 is 0. The summed E-state index contributed by atoms with van der Waals surface area (Å²) in [7, 11) is 1.60. The first-order valence-corrected chi connectivity index (χ1v) is 11.2. The molecule has 1 heterocycles. The fourth-order valence-electron chi connectivity index (χ4n) is 4.26. The highest BCUT2D eigenvalue weighted by atomic mass is 16.5. The lowest BCUT2D eigenvalue weighted by Gasteiger charge is -2.29. The van der Waals surface area contributed by atoms with Crippen molar-refractivity contribution in [3.8, 4) is 5.75 Å². The van der Waals surface area contributed by atoms with Gasteiger partial charge in [-0.3, -0.25) is 14.6 Å². The van der Waals surface area contributed by atoms with Crippen LogP contribution in [0.4, 0.5) is 5.69 Å². The van der Waals surface area contributed by atoms with Gasteiger partial charge >= 0.3 is 5.97 Å². The third kappa shape index (κ3) is 5.30. The molecule has 0 unspecified atom stereocenters. The number of rotatable bonds is 7. The van der Waals surface area contributed by atoms with E-state index in [4.69, 9.17) is 9.73 Å². The van der Waals surface area contributed by atoms with Gasteiger partial charge in [0.05, 0.1) is 35.9 Å². The molecule has 7 nitrogen and oxygen atoms in total. The van der Waals surface area contributed by atoms with Crippen molar-refractivity contribution < 1.29 is 24.2 Å². The molecule has 0 radical (unpaired) electrons. The molecule has 1 aliphatic heterocycles. The van der Waals surface area contributed by atoms with Gasteiger partial charge in [0.25, 0.3) is 5.91 Å². The quantitative estimate of drug-likeness (QED) is 0.471. The van der Waals surface area contributed by atoms with E-state index in [0.717, 1.165) is 17.5 Å². The second-order valence-corrected chi connectivity index (χ2v) is 9.06.